The molecule has 7 heteroatoms. The van der Waals surface area contributed by atoms with Crippen LogP contribution in [-0.4, -0.2) is 40.0 Å². The molecule has 0 aliphatic rings. The first kappa shape index (κ1) is 23.0. The fraction of sp³-hybridized carbons (Fsp3) is 0.222. The lowest BCUT2D eigenvalue weighted by atomic mass is 9.93. The molecule has 4 rings (SSSR count). The number of fused-ring (bicyclic) bond motifs is 1. The summed E-state index contributed by atoms with van der Waals surface area (Å²) in [6.07, 6.45) is 3.69. The van der Waals surface area contributed by atoms with Gasteiger partial charge in [-0.25, -0.2) is 9.78 Å². The zero-order valence-electron chi connectivity index (χ0n) is 19.4. The highest BCUT2D eigenvalue weighted by Gasteiger charge is 2.24. The van der Waals surface area contributed by atoms with Crippen molar-refractivity contribution in [3.05, 3.63) is 78.8 Å². The fourth-order valence-electron chi connectivity index (χ4n) is 4.12. The Morgan fingerprint density at radius 2 is 1.82 bits per heavy atom. The molecular weight excluding hydrogens is 428 g/mol. The first-order chi connectivity index (χ1) is 16.3. The summed E-state index contributed by atoms with van der Waals surface area (Å²) in [6, 6.07) is 18.6. The van der Waals surface area contributed by atoms with E-state index in [0.717, 1.165) is 33.4 Å². The molecular formula is C27H28N4O3. The van der Waals surface area contributed by atoms with Crippen molar-refractivity contribution in [1.82, 2.24) is 15.3 Å². The number of H-pyrrole nitrogens is 1. The number of carboxylic acids is 1. The van der Waals surface area contributed by atoms with Crippen LogP contribution in [0.25, 0.3) is 21.9 Å². The van der Waals surface area contributed by atoms with E-state index in [-0.39, 0.29) is 5.92 Å². The monoisotopic (exact) mass is 456 g/mol. The van der Waals surface area contributed by atoms with E-state index in [1.165, 1.54) is 0 Å². The zero-order valence-corrected chi connectivity index (χ0v) is 19.4. The number of aromatic amines is 1. The Labute approximate surface area is 198 Å². The highest BCUT2D eigenvalue weighted by molar-refractivity contribution is 6.07. The van der Waals surface area contributed by atoms with Gasteiger partial charge in [0.2, 0.25) is 0 Å². The van der Waals surface area contributed by atoms with Crippen molar-refractivity contribution in [3.63, 3.8) is 0 Å². The quantitative estimate of drug-likeness (QED) is 0.337. The van der Waals surface area contributed by atoms with Gasteiger partial charge >= 0.3 is 5.97 Å². The molecule has 1 atom stereocenters. The standard InChI is InChI=1S/C27H28N4O3/c1-17(2)13-24(27(33)34)30-26(32)22-12-11-19(31(3)25-15-28-16-29-25)14-23(22)21-10-6-8-18-7-4-5-9-20(18)21/h4-12,14-17,24H,13H2,1-3H3,(H,28,29)(H,30,32)(H,33,34)/t24-/m0/s1. The molecule has 0 saturated carbocycles. The van der Waals surface area contributed by atoms with Crippen molar-refractivity contribution in [2.45, 2.75) is 26.3 Å². The highest BCUT2D eigenvalue weighted by atomic mass is 16.4. The van der Waals surface area contributed by atoms with Gasteiger partial charge in [-0.3, -0.25) is 4.79 Å². The van der Waals surface area contributed by atoms with Gasteiger partial charge in [0.1, 0.15) is 11.9 Å². The van der Waals surface area contributed by atoms with Crippen molar-refractivity contribution in [3.8, 4) is 11.1 Å². The van der Waals surface area contributed by atoms with E-state index in [9.17, 15) is 14.7 Å². The smallest absolute Gasteiger partial charge is 0.326 e. The number of imidazole rings is 1. The van der Waals surface area contributed by atoms with Crippen LogP contribution in [0.4, 0.5) is 11.5 Å². The molecule has 0 unspecified atom stereocenters. The number of carbonyl (C=O) groups is 2. The van der Waals surface area contributed by atoms with Crippen LogP contribution in [0.5, 0.6) is 0 Å². The van der Waals surface area contributed by atoms with E-state index in [4.69, 9.17) is 0 Å². The van der Waals surface area contributed by atoms with E-state index in [1.807, 2.05) is 80.4 Å². The van der Waals surface area contributed by atoms with E-state index in [1.54, 1.807) is 18.6 Å². The number of nitrogens with one attached hydrogen (secondary N) is 2. The third-order valence-corrected chi connectivity index (χ3v) is 5.87. The molecule has 174 valence electrons. The fourth-order valence-corrected chi connectivity index (χ4v) is 4.12. The van der Waals surface area contributed by atoms with Gasteiger partial charge in [-0.15, -0.1) is 0 Å². The predicted octanol–water partition coefficient (Wildman–Crippen LogP) is 5.23. The van der Waals surface area contributed by atoms with Crippen molar-refractivity contribution in [2.75, 3.05) is 11.9 Å². The number of benzene rings is 3. The SMILES string of the molecule is CC(C)C[C@H](NC(=O)c1ccc(N(C)c2cnc[nH]2)cc1-c1cccc2ccccc12)C(=O)O. The number of anilines is 2. The van der Waals surface area contributed by atoms with E-state index >= 15 is 0 Å². The number of hydrogen-bond donors (Lipinski definition) is 3. The summed E-state index contributed by atoms with van der Waals surface area (Å²) in [5.74, 6) is -0.510. The summed E-state index contributed by atoms with van der Waals surface area (Å²) in [5, 5.41) is 14.4. The summed E-state index contributed by atoms with van der Waals surface area (Å²) in [7, 11) is 1.92. The molecule has 1 heterocycles. The number of aliphatic carboxylic acids is 1. The minimum atomic E-state index is -1.04. The summed E-state index contributed by atoms with van der Waals surface area (Å²) < 4.78 is 0. The van der Waals surface area contributed by atoms with Gasteiger partial charge in [0.25, 0.3) is 5.91 Å². The third-order valence-electron chi connectivity index (χ3n) is 5.87. The second-order valence-electron chi connectivity index (χ2n) is 8.75. The highest BCUT2D eigenvalue weighted by Crippen LogP contribution is 2.35. The van der Waals surface area contributed by atoms with Crippen molar-refractivity contribution >= 4 is 34.2 Å². The maximum Gasteiger partial charge on any atom is 0.326 e. The molecule has 1 aromatic heterocycles. The molecule has 3 aromatic carbocycles. The summed E-state index contributed by atoms with van der Waals surface area (Å²) >= 11 is 0. The minimum Gasteiger partial charge on any atom is -0.480 e. The summed E-state index contributed by atoms with van der Waals surface area (Å²) in [5.41, 5.74) is 2.92. The topological polar surface area (TPSA) is 98.3 Å². The maximum atomic E-state index is 13.4. The average molecular weight is 457 g/mol. The van der Waals surface area contributed by atoms with Crippen LogP contribution in [0.1, 0.15) is 30.6 Å². The van der Waals surface area contributed by atoms with Crippen LogP contribution in [0.2, 0.25) is 0 Å². The molecule has 0 radical (unpaired) electrons. The number of nitrogens with zero attached hydrogens (tertiary/aromatic N) is 2. The van der Waals surface area contributed by atoms with Crippen molar-refractivity contribution < 1.29 is 14.7 Å². The molecule has 0 aliphatic heterocycles. The summed E-state index contributed by atoms with van der Waals surface area (Å²) in [6.45, 7) is 3.87. The second kappa shape index (κ2) is 9.79. The number of rotatable bonds is 8. The van der Waals surface area contributed by atoms with Gasteiger partial charge in [-0.2, -0.15) is 0 Å². The molecule has 34 heavy (non-hydrogen) atoms. The molecule has 3 N–H and O–H groups in total. The molecule has 0 fully saturated rings. The Hall–Kier alpha value is -4.13. The van der Waals surface area contributed by atoms with Crippen LogP contribution in [0.3, 0.4) is 0 Å². The van der Waals surface area contributed by atoms with Crippen LogP contribution in [0.15, 0.2) is 73.2 Å². The van der Waals surface area contributed by atoms with Crippen LogP contribution in [-0.2, 0) is 4.79 Å². The normalized spacial score (nSPS) is 12.0. The van der Waals surface area contributed by atoms with Crippen LogP contribution >= 0.6 is 0 Å². The van der Waals surface area contributed by atoms with Gasteiger partial charge in [-0.05, 0) is 52.4 Å². The number of carboxylic acid groups (broad SMARTS) is 1. The number of carbonyl (C=O) groups excluding carboxylic acids is 1. The van der Waals surface area contributed by atoms with Gasteiger partial charge in [0.15, 0.2) is 0 Å². The second-order valence-corrected chi connectivity index (χ2v) is 8.75. The molecule has 1 amide bonds. The maximum absolute atomic E-state index is 13.4. The first-order valence-electron chi connectivity index (χ1n) is 11.2. The van der Waals surface area contributed by atoms with Crippen LogP contribution in [0, 0.1) is 5.92 Å². The Balaban J connectivity index is 1.83. The van der Waals surface area contributed by atoms with E-state index < -0.39 is 17.9 Å². The Kier molecular flexibility index (Phi) is 6.63. The predicted molar refractivity (Wildman–Crippen MR) is 134 cm³/mol. The number of aromatic nitrogens is 2. The first-order valence-corrected chi connectivity index (χ1v) is 11.2. The van der Waals surface area contributed by atoms with Crippen LogP contribution < -0.4 is 10.2 Å². The Morgan fingerprint density at radius 3 is 2.53 bits per heavy atom. The Morgan fingerprint density at radius 1 is 1.06 bits per heavy atom. The lowest BCUT2D eigenvalue weighted by Crippen LogP contribution is -2.41. The van der Waals surface area contributed by atoms with Gasteiger partial charge in [0, 0.05) is 18.3 Å². The lowest BCUT2D eigenvalue weighted by molar-refractivity contribution is -0.139. The molecule has 7 nitrogen and oxygen atoms in total. The van der Waals surface area contributed by atoms with E-state index in [2.05, 4.69) is 15.3 Å². The largest absolute Gasteiger partial charge is 0.480 e. The minimum absolute atomic E-state index is 0.129. The average Bonchev–Trinajstić information content (AvgIpc) is 3.37. The van der Waals surface area contributed by atoms with Gasteiger partial charge in [-0.1, -0.05) is 56.3 Å². The Bertz CT molecular complexity index is 1310. The van der Waals surface area contributed by atoms with Gasteiger partial charge in [0.05, 0.1) is 12.5 Å². The summed E-state index contributed by atoms with van der Waals surface area (Å²) in [4.78, 5) is 34.3. The van der Waals surface area contributed by atoms with E-state index in [0.29, 0.717) is 12.0 Å². The molecule has 0 bridgehead atoms. The number of hydrogen-bond acceptors (Lipinski definition) is 4. The lowest BCUT2D eigenvalue weighted by Gasteiger charge is -2.21. The molecule has 0 aliphatic carbocycles. The van der Waals surface area contributed by atoms with Gasteiger partial charge < -0.3 is 20.3 Å². The van der Waals surface area contributed by atoms with Crippen molar-refractivity contribution in [1.29, 1.82) is 0 Å². The third kappa shape index (κ3) is 4.78. The molecule has 0 spiro atoms. The number of amides is 1. The molecule has 4 aromatic rings. The zero-order chi connectivity index (χ0) is 24.2. The van der Waals surface area contributed by atoms with Crippen molar-refractivity contribution in [2.24, 2.45) is 5.92 Å². The molecule has 0 saturated heterocycles.